The second-order valence-electron chi connectivity index (χ2n) is 4.88. The molecular weight excluding hydrogens is 186 g/mol. The number of nitrogens with one attached hydrogen (secondary N) is 1. The third-order valence-corrected chi connectivity index (χ3v) is 2.26. The highest BCUT2D eigenvalue weighted by Crippen LogP contribution is 2.13. The van der Waals surface area contributed by atoms with Crippen molar-refractivity contribution < 1.29 is 0 Å². The monoisotopic (exact) mass is 209 g/mol. The molecule has 0 saturated heterocycles. The predicted octanol–water partition coefficient (Wildman–Crippen LogP) is 3.06. The highest BCUT2D eigenvalue weighted by atomic mass is 15.3. The maximum Gasteiger partial charge on any atom is 0.124 e. The van der Waals surface area contributed by atoms with Crippen LogP contribution < -0.4 is 5.32 Å². The molecule has 15 heavy (non-hydrogen) atoms. The van der Waals surface area contributed by atoms with E-state index in [1.54, 1.807) is 0 Å². The molecule has 3 nitrogen and oxygen atoms in total. The van der Waals surface area contributed by atoms with Gasteiger partial charge < -0.3 is 5.32 Å². The Morgan fingerprint density at radius 3 is 2.53 bits per heavy atom. The van der Waals surface area contributed by atoms with Crippen LogP contribution in [0.5, 0.6) is 0 Å². The highest BCUT2D eigenvalue weighted by molar-refractivity contribution is 5.37. The number of rotatable bonds is 5. The smallest absolute Gasteiger partial charge is 0.124 e. The van der Waals surface area contributed by atoms with Crippen LogP contribution in [0.4, 0.5) is 5.82 Å². The van der Waals surface area contributed by atoms with Gasteiger partial charge in [0.05, 0.1) is 5.69 Å². The Morgan fingerprint density at radius 2 is 2.00 bits per heavy atom. The van der Waals surface area contributed by atoms with E-state index in [9.17, 15) is 0 Å². The van der Waals surface area contributed by atoms with E-state index < -0.39 is 0 Å². The van der Waals surface area contributed by atoms with Crippen LogP contribution in [0.3, 0.4) is 0 Å². The first kappa shape index (κ1) is 12.1. The Morgan fingerprint density at radius 1 is 1.33 bits per heavy atom. The summed E-state index contributed by atoms with van der Waals surface area (Å²) >= 11 is 0. The van der Waals surface area contributed by atoms with Gasteiger partial charge in [-0.2, -0.15) is 5.10 Å². The van der Waals surface area contributed by atoms with Crippen LogP contribution in [0.2, 0.25) is 0 Å². The summed E-state index contributed by atoms with van der Waals surface area (Å²) in [5.74, 6) is 1.87. The van der Waals surface area contributed by atoms with Gasteiger partial charge >= 0.3 is 0 Å². The van der Waals surface area contributed by atoms with Crippen LogP contribution >= 0.6 is 0 Å². The minimum absolute atomic E-state index is 0.457. The number of hydrogen-bond donors (Lipinski definition) is 1. The Balaban J connectivity index is 2.68. The molecule has 1 N–H and O–H groups in total. The summed E-state index contributed by atoms with van der Waals surface area (Å²) < 4.78 is 2.08. The first-order valence-corrected chi connectivity index (χ1v) is 5.80. The molecule has 0 aromatic carbocycles. The molecule has 0 radical (unpaired) electrons. The zero-order valence-corrected chi connectivity index (χ0v) is 10.5. The Hall–Kier alpha value is -0.990. The van der Waals surface area contributed by atoms with Gasteiger partial charge in [-0.3, -0.25) is 0 Å². The minimum Gasteiger partial charge on any atom is -0.368 e. The van der Waals surface area contributed by atoms with Gasteiger partial charge in [-0.1, -0.05) is 13.8 Å². The maximum atomic E-state index is 4.49. The van der Waals surface area contributed by atoms with Gasteiger partial charge in [0, 0.05) is 18.7 Å². The van der Waals surface area contributed by atoms with E-state index in [4.69, 9.17) is 0 Å². The summed E-state index contributed by atoms with van der Waals surface area (Å²) in [6.45, 7) is 11.8. The van der Waals surface area contributed by atoms with Crippen molar-refractivity contribution in [2.45, 2.75) is 53.6 Å². The van der Waals surface area contributed by atoms with E-state index in [1.807, 2.05) is 6.92 Å². The second kappa shape index (κ2) is 5.19. The molecule has 1 rings (SSSR count). The molecule has 0 fully saturated rings. The van der Waals surface area contributed by atoms with Crippen molar-refractivity contribution in [2.75, 3.05) is 5.32 Å². The molecule has 0 aliphatic rings. The van der Waals surface area contributed by atoms with Crippen molar-refractivity contribution in [3.8, 4) is 0 Å². The Kier molecular flexibility index (Phi) is 4.18. The largest absolute Gasteiger partial charge is 0.368 e. The standard InChI is InChI=1S/C12H23N3/c1-9(2)6-7-15-12(13-10(3)4)8-11(5)14-15/h8-10,13H,6-7H2,1-5H3. The molecule has 1 aromatic rings. The van der Waals surface area contributed by atoms with E-state index >= 15 is 0 Å². The van der Waals surface area contributed by atoms with Crippen molar-refractivity contribution in [2.24, 2.45) is 5.92 Å². The van der Waals surface area contributed by atoms with E-state index in [2.05, 4.69) is 48.9 Å². The molecule has 1 aromatic heterocycles. The lowest BCUT2D eigenvalue weighted by atomic mass is 10.1. The van der Waals surface area contributed by atoms with Gasteiger partial charge in [-0.15, -0.1) is 0 Å². The minimum atomic E-state index is 0.457. The zero-order chi connectivity index (χ0) is 11.4. The molecule has 0 spiro atoms. The first-order chi connectivity index (χ1) is 6.99. The predicted molar refractivity (Wildman–Crippen MR) is 65.2 cm³/mol. The summed E-state index contributed by atoms with van der Waals surface area (Å²) in [5, 5.41) is 7.91. The lowest BCUT2D eigenvalue weighted by Gasteiger charge is -2.13. The summed E-state index contributed by atoms with van der Waals surface area (Å²) in [5.41, 5.74) is 1.09. The number of anilines is 1. The normalized spacial score (nSPS) is 11.4. The first-order valence-electron chi connectivity index (χ1n) is 5.80. The molecule has 0 unspecified atom stereocenters. The molecular formula is C12H23N3. The molecule has 0 aliphatic heterocycles. The van der Waals surface area contributed by atoms with E-state index in [-0.39, 0.29) is 0 Å². The molecule has 0 aliphatic carbocycles. The van der Waals surface area contributed by atoms with Crippen LogP contribution in [0.15, 0.2) is 6.07 Å². The third-order valence-electron chi connectivity index (χ3n) is 2.26. The van der Waals surface area contributed by atoms with Crippen LogP contribution in [-0.2, 0) is 6.54 Å². The fourth-order valence-electron chi connectivity index (χ4n) is 1.51. The van der Waals surface area contributed by atoms with Gasteiger partial charge in [0.25, 0.3) is 0 Å². The molecule has 0 atom stereocenters. The van der Waals surface area contributed by atoms with Crippen molar-refractivity contribution in [1.82, 2.24) is 9.78 Å². The van der Waals surface area contributed by atoms with E-state index in [0.717, 1.165) is 24.0 Å². The van der Waals surface area contributed by atoms with Crippen LogP contribution in [-0.4, -0.2) is 15.8 Å². The molecule has 3 heteroatoms. The van der Waals surface area contributed by atoms with Crippen molar-refractivity contribution >= 4 is 5.82 Å². The fraction of sp³-hybridized carbons (Fsp3) is 0.750. The third kappa shape index (κ3) is 3.94. The van der Waals surface area contributed by atoms with Crippen molar-refractivity contribution in [1.29, 1.82) is 0 Å². The average Bonchev–Trinajstić information content (AvgIpc) is 2.41. The summed E-state index contributed by atoms with van der Waals surface area (Å²) in [7, 11) is 0. The second-order valence-corrected chi connectivity index (χ2v) is 4.88. The fourth-order valence-corrected chi connectivity index (χ4v) is 1.51. The van der Waals surface area contributed by atoms with E-state index in [1.165, 1.54) is 6.42 Å². The van der Waals surface area contributed by atoms with Gasteiger partial charge in [-0.05, 0) is 33.1 Å². The van der Waals surface area contributed by atoms with E-state index in [0.29, 0.717) is 6.04 Å². The topological polar surface area (TPSA) is 29.9 Å². The van der Waals surface area contributed by atoms with Crippen LogP contribution in [0, 0.1) is 12.8 Å². The molecule has 86 valence electrons. The lowest BCUT2D eigenvalue weighted by Crippen LogP contribution is -2.15. The number of aromatic nitrogens is 2. The highest BCUT2D eigenvalue weighted by Gasteiger charge is 2.06. The quantitative estimate of drug-likeness (QED) is 0.807. The van der Waals surface area contributed by atoms with Gasteiger partial charge in [0.1, 0.15) is 5.82 Å². The van der Waals surface area contributed by atoms with Crippen LogP contribution in [0.25, 0.3) is 0 Å². The van der Waals surface area contributed by atoms with Gasteiger partial charge in [0.15, 0.2) is 0 Å². The number of hydrogen-bond acceptors (Lipinski definition) is 2. The Labute approximate surface area is 92.9 Å². The lowest BCUT2D eigenvalue weighted by molar-refractivity contribution is 0.488. The molecule has 0 bridgehead atoms. The number of nitrogens with zero attached hydrogens (tertiary/aromatic N) is 2. The SMILES string of the molecule is Cc1cc(NC(C)C)n(CCC(C)C)n1. The summed E-state index contributed by atoms with van der Waals surface area (Å²) in [6.07, 6.45) is 1.17. The summed E-state index contributed by atoms with van der Waals surface area (Å²) in [6, 6.07) is 2.57. The molecule has 0 amide bonds. The maximum absolute atomic E-state index is 4.49. The van der Waals surface area contributed by atoms with Gasteiger partial charge in [-0.25, -0.2) is 4.68 Å². The Bertz CT molecular complexity index is 300. The zero-order valence-electron chi connectivity index (χ0n) is 10.5. The average molecular weight is 209 g/mol. The van der Waals surface area contributed by atoms with Crippen LogP contribution in [0.1, 0.15) is 39.8 Å². The number of aryl methyl sites for hydroxylation is 2. The summed E-state index contributed by atoms with van der Waals surface area (Å²) in [4.78, 5) is 0. The van der Waals surface area contributed by atoms with Gasteiger partial charge in [0.2, 0.25) is 0 Å². The molecule has 1 heterocycles. The van der Waals surface area contributed by atoms with Crippen molar-refractivity contribution in [3.05, 3.63) is 11.8 Å². The molecule has 0 saturated carbocycles. The van der Waals surface area contributed by atoms with Crippen molar-refractivity contribution in [3.63, 3.8) is 0 Å².